The second-order valence-electron chi connectivity index (χ2n) is 5.46. The van der Waals surface area contributed by atoms with E-state index in [0.717, 1.165) is 6.54 Å². The smallest absolute Gasteiger partial charge is 0.255 e. The Kier molecular flexibility index (Phi) is 7.49. The Bertz CT molecular complexity index is 610. The van der Waals surface area contributed by atoms with Crippen molar-refractivity contribution in [3.8, 4) is 0 Å². The molecule has 2 N–H and O–H groups in total. The van der Waals surface area contributed by atoms with Gasteiger partial charge in [-0.2, -0.15) is 0 Å². The van der Waals surface area contributed by atoms with Crippen LogP contribution in [0.15, 0.2) is 54.9 Å². The van der Waals surface area contributed by atoms with E-state index in [2.05, 4.69) is 17.1 Å². The number of benzene rings is 1. The first-order valence-corrected chi connectivity index (χ1v) is 7.24. The average molecular weight is 354 g/mol. The van der Waals surface area contributed by atoms with Crippen molar-refractivity contribution in [1.82, 2.24) is 9.88 Å². The van der Waals surface area contributed by atoms with Crippen LogP contribution in [0.3, 0.4) is 0 Å². The fourth-order valence-corrected chi connectivity index (χ4v) is 3.03. The molecule has 1 fully saturated rings. The molecule has 1 aliphatic heterocycles. The number of pyridine rings is 1. The Morgan fingerprint density at radius 3 is 2.48 bits per heavy atom. The molecular weight excluding hydrogens is 333 g/mol. The lowest BCUT2D eigenvalue weighted by Crippen LogP contribution is -2.29. The number of nitrogens with zero attached hydrogens (tertiary/aromatic N) is 2. The highest BCUT2D eigenvalue weighted by Crippen LogP contribution is 2.32. The number of hydrogen-bond donors (Lipinski definition) is 1. The van der Waals surface area contributed by atoms with Crippen LogP contribution < -0.4 is 5.73 Å². The van der Waals surface area contributed by atoms with Crippen LogP contribution in [-0.4, -0.2) is 35.4 Å². The zero-order valence-electron chi connectivity index (χ0n) is 12.7. The Morgan fingerprint density at radius 2 is 1.87 bits per heavy atom. The van der Waals surface area contributed by atoms with Crippen LogP contribution in [0.1, 0.15) is 21.8 Å². The van der Waals surface area contributed by atoms with Crippen molar-refractivity contribution in [2.75, 3.05) is 19.6 Å². The van der Waals surface area contributed by atoms with E-state index in [1.807, 2.05) is 29.2 Å². The van der Waals surface area contributed by atoms with Gasteiger partial charge < -0.3 is 10.6 Å². The quantitative estimate of drug-likeness (QED) is 0.922. The number of amides is 1. The minimum Gasteiger partial charge on any atom is -0.338 e. The summed E-state index contributed by atoms with van der Waals surface area (Å²) in [5, 5.41) is 0. The highest BCUT2D eigenvalue weighted by molar-refractivity contribution is 5.94. The SMILES string of the molecule is Cl.Cl.NC[C@@H]1CN(C(=O)c2cccnc2)C[C@H]1c1ccccc1. The molecule has 1 aromatic heterocycles. The molecule has 2 atom stereocenters. The summed E-state index contributed by atoms with van der Waals surface area (Å²) >= 11 is 0. The molecule has 6 heteroatoms. The number of halogens is 2. The summed E-state index contributed by atoms with van der Waals surface area (Å²) in [7, 11) is 0. The van der Waals surface area contributed by atoms with Crippen LogP contribution in [0.4, 0.5) is 0 Å². The Labute approximate surface area is 148 Å². The van der Waals surface area contributed by atoms with Gasteiger partial charge in [0.15, 0.2) is 0 Å². The molecule has 1 amide bonds. The first-order chi connectivity index (χ1) is 10.3. The second kappa shape index (κ2) is 8.87. The molecule has 3 rings (SSSR count). The third kappa shape index (κ3) is 4.22. The van der Waals surface area contributed by atoms with Gasteiger partial charge in [-0.25, -0.2) is 0 Å². The van der Waals surface area contributed by atoms with Gasteiger partial charge >= 0.3 is 0 Å². The minimum absolute atomic E-state index is 0. The first-order valence-electron chi connectivity index (χ1n) is 7.24. The van der Waals surface area contributed by atoms with Crippen LogP contribution in [0.2, 0.25) is 0 Å². The van der Waals surface area contributed by atoms with E-state index >= 15 is 0 Å². The van der Waals surface area contributed by atoms with E-state index in [-0.39, 0.29) is 30.7 Å². The topological polar surface area (TPSA) is 59.2 Å². The maximum Gasteiger partial charge on any atom is 0.255 e. The van der Waals surface area contributed by atoms with Gasteiger partial charge in [0.05, 0.1) is 5.56 Å². The Morgan fingerprint density at radius 1 is 1.13 bits per heavy atom. The largest absolute Gasteiger partial charge is 0.338 e. The van der Waals surface area contributed by atoms with Crippen LogP contribution in [-0.2, 0) is 0 Å². The number of likely N-dealkylation sites (tertiary alicyclic amines) is 1. The fraction of sp³-hybridized carbons (Fsp3) is 0.294. The third-order valence-corrected chi connectivity index (χ3v) is 4.17. The molecule has 1 aromatic carbocycles. The molecule has 124 valence electrons. The number of carbonyl (C=O) groups excluding carboxylic acids is 1. The molecular formula is C17H21Cl2N3O. The summed E-state index contributed by atoms with van der Waals surface area (Å²) in [6.07, 6.45) is 3.30. The van der Waals surface area contributed by atoms with E-state index < -0.39 is 0 Å². The Balaban J connectivity index is 0.00000132. The van der Waals surface area contributed by atoms with Gasteiger partial charge in [0.1, 0.15) is 0 Å². The van der Waals surface area contributed by atoms with Crippen molar-refractivity contribution in [3.63, 3.8) is 0 Å². The van der Waals surface area contributed by atoms with Crippen molar-refractivity contribution in [1.29, 1.82) is 0 Å². The standard InChI is InChI=1S/C17H19N3O.2ClH/c18-9-15-11-20(17(21)14-7-4-8-19-10-14)12-16(15)13-5-2-1-3-6-13;;/h1-8,10,15-16H,9,11-12,18H2;2*1H/t15-,16+;;/m1../s1. The molecule has 1 aliphatic rings. The van der Waals surface area contributed by atoms with Crippen LogP contribution >= 0.6 is 24.8 Å². The normalized spacial score (nSPS) is 19.6. The number of carbonyl (C=O) groups is 1. The maximum absolute atomic E-state index is 12.5. The summed E-state index contributed by atoms with van der Waals surface area (Å²) < 4.78 is 0. The van der Waals surface area contributed by atoms with Crippen LogP contribution in [0, 0.1) is 5.92 Å². The molecule has 2 aromatic rings. The lowest BCUT2D eigenvalue weighted by molar-refractivity contribution is 0.0786. The maximum atomic E-state index is 12.5. The summed E-state index contributed by atoms with van der Waals surface area (Å²) in [4.78, 5) is 18.4. The summed E-state index contributed by atoms with van der Waals surface area (Å²) in [5.41, 5.74) is 7.81. The minimum atomic E-state index is 0. The second-order valence-corrected chi connectivity index (χ2v) is 5.46. The third-order valence-electron chi connectivity index (χ3n) is 4.17. The molecule has 0 saturated carbocycles. The van der Waals surface area contributed by atoms with E-state index in [4.69, 9.17) is 5.73 Å². The molecule has 2 heterocycles. The predicted molar refractivity (Wildman–Crippen MR) is 96.4 cm³/mol. The lowest BCUT2D eigenvalue weighted by Gasteiger charge is -2.16. The first kappa shape index (κ1) is 19.4. The van der Waals surface area contributed by atoms with Crippen LogP contribution in [0.25, 0.3) is 0 Å². The summed E-state index contributed by atoms with van der Waals surface area (Å²) in [5.74, 6) is 0.671. The van der Waals surface area contributed by atoms with Gasteiger partial charge in [-0.15, -0.1) is 24.8 Å². The van der Waals surface area contributed by atoms with E-state index in [1.165, 1.54) is 5.56 Å². The van der Waals surface area contributed by atoms with E-state index in [9.17, 15) is 4.79 Å². The highest BCUT2D eigenvalue weighted by atomic mass is 35.5. The van der Waals surface area contributed by atoms with Gasteiger partial charge in [0.2, 0.25) is 0 Å². The van der Waals surface area contributed by atoms with Gasteiger partial charge in [0.25, 0.3) is 5.91 Å². The van der Waals surface area contributed by atoms with Crippen molar-refractivity contribution in [2.45, 2.75) is 5.92 Å². The average Bonchev–Trinajstić information content (AvgIpc) is 3.00. The fourth-order valence-electron chi connectivity index (χ4n) is 3.03. The van der Waals surface area contributed by atoms with Gasteiger partial charge in [-0.1, -0.05) is 30.3 Å². The molecule has 0 bridgehead atoms. The van der Waals surface area contributed by atoms with Crippen molar-refractivity contribution >= 4 is 30.7 Å². The van der Waals surface area contributed by atoms with Crippen molar-refractivity contribution in [3.05, 3.63) is 66.0 Å². The monoisotopic (exact) mass is 353 g/mol. The van der Waals surface area contributed by atoms with Crippen LogP contribution in [0.5, 0.6) is 0 Å². The molecule has 0 aliphatic carbocycles. The van der Waals surface area contributed by atoms with Crippen molar-refractivity contribution < 1.29 is 4.79 Å². The molecule has 0 spiro atoms. The summed E-state index contributed by atoms with van der Waals surface area (Å²) in [6.45, 7) is 2.03. The zero-order valence-corrected chi connectivity index (χ0v) is 14.3. The number of nitrogens with two attached hydrogens (primary N) is 1. The number of rotatable bonds is 3. The predicted octanol–water partition coefficient (Wildman–Crippen LogP) is 2.74. The molecule has 23 heavy (non-hydrogen) atoms. The number of aromatic nitrogens is 1. The van der Waals surface area contributed by atoms with E-state index in [0.29, 0.717) is 30.5 Å². The molecule has 0 radical (unpaired) electrons. The van der Waals surface area contributed by atoms with Gasteiger partial charge in [0, 0.05) is 31.4 Å². The molecule has 1 saturated heterocycles. The van der Waals surface area contributed by atoms with E-state index in [1.54, 1.807) is 18.5 Å². The molecule has 4 nitrogen and oxygen atoms in total. The molecule has 0 unspecified atom stereocenters. The van der Waals surface area contributed by atoms with Gasteiger partial charge in [-0.05, 0) is 30.2 Å². The Hall–Kier alpha value is -1.62. The lowest BCUT2D eigenvalue weighted by atomic mass is 9.89. The van der Waals surface area contributed by atoms with Crippen molar-refractivity contribution in [2.24, 2.45) is 11.7 Å². The zero-order chi connectivity index (χ0) is 14.7. The highest BCUT2D eigenvalue weighted by Gasteiger charge is 2.35. The number of hydrogen-bond acceptors (Lipinski definition) is 3. The summed E-state index contributed by atoms with van der Waals surface area (Å²) in [6, 6.07) is 13.9. The van der Waals surface area contributed by atoms with Gasteiger partial charge in [-0.3, -0.25) is 9.78 Å².